The molecule has 132 valence electrons. The van der Waals surface area contributed by atoms with Crippen LogP contribution in [0.5, 0.6) is 5.75 Å². The summed E-state index contributed by atoms with van der Waals surface area (Å²) in [4.78, 5) is 23.7. The smallest absolute Gasteiger partial charge is 0.279 e. The van der Waals surface area contributed by atoms with Gasteiger partial charge in [0.05, 0.1) is 6.54 Å². The second kappa shape index (κ2) is 9.08. The normalized spacial score (nSPS) is 11.3. The van der Waals surface area contributed by atoms with E-state index in [9.17, 15) is 9.59 Å². The highest BCUT2D eigenvalue weighted by molar-refractivity contribution is 9.10. The zero-order chi connectivity index (χ0) is 18.2. The third-order valence-corrected chi connectivity index (χ3v) is 3.80. The standard InChI is InChI=1S/C18H20BrN3O3/c1-12-6-8-15(9-7-12)20-11-17(23)21-22-18(24)13(2)25-16-5-3-4-14(19)10-16/h3-10,13,20H,11H2,1-2H3,(H,21,23)(H,22,24). The number of hydrogen-bond acceptors (Lipinski definition) is 4. The Kier molecular flexibility index (Phi) is 6.82. The minimum absolute atomic E-state index is 0.0458. The van der Waals surface area contributed by atoms with E-state index < -0.39 is 12.0 Å². The first-order valence-corrected chi connectivity index (χ1v) is 8.55. The number of carbonyl (C=O) groups is 2. The van der Waals surface area contributed by atoms with Gasteiger partial charge in [-0.05, 0) is 44.2 Å². The van der Waals surface area contributed by atoms with Gasteiger partial charge >= 0.3 is 0 Å². The Bertz CT molecular complexity index is 735. The molecule has 7 heteroatoms. The number of halogens is 1. The maximum absolute atomic E-state index is 12.0. The van der Waals surface area contributed by atoms with E-state index in [1.54, 1.807) is 19.1 Å². The van der Waals surface area contributed by atoms with Crippen LogP contribution in [0.4, 0.5) is 5.69 Å². The van der Waals surface area contributed by atoms with Gasteiger partial charge in [-0.1, -0.05) is 39.7 Å². The fourth-order valence-electron chi connectivity index (χ4n) is 1.93. The Morgan fingerprint density at radius 2 is 1.84 bits per heavy atom. The molecule has 1 unspecified atom stereocenters. The molecular weight excluding hydrogens is 386 g/mol. The number of anilines is 1. The van der Waals surface area contributed by atoms with Crippen molar-refractivity contribution >= 4 is 33.4 Å². The largest absolute Gasteiger partial charge is 0.481 e. The van der Waals surface area contributed by atoms with E-state index in [0.717, 1.165) is 15.7 Å². The summed E-state index contributed by atoms with van der Waals surface area (Å²) in [7, 11) is 0. The Morgan fingerprint density at radius 3 is 2.52 bits per heavy atom. The minimum Gasteiger partial charge on any atom is -0.481 e. The third kappa shape index (κ3) is 6.46. The van der Waals surface area contributed by atoms with E-state index in [1.165, 1.54) is 0 Å². The van der Waals surface area contributed by atoms with E-state index >= 15 is 0 Å². The Labute approximate surface area is 155 Å². The van der Waals surface area contributed by atoms with Gasteiger partial charge < -0.3 is 10.1 Å². The van der Waals surface area contributed by atoms with Gasteiger partial charge in [0.15, 0.2) is 6.10 Å². The molecule has 0 aliphatic rings. The molecule has 6 nitrogen and oxygen atoms in total. The number of nitrogens with one attached hydrogen (secondary N) is 3. The van der Waals surface area contributed by atoms with Crippen molar-refractivity contribution in [1.82, 2.24) is 10.9 Å². The van der Waals surface area contributed by atoms with Gasteiger partial charge in [0, 0.05) is 10.2 Å². The van der Waals surface area contributed by atoms with Crippen LogP contribution in [0.15, 0.2) is 53.0 Å². The summed E-state index contributed by atoms with van der Waals surface area (Å²) in [5.74, 6) is -0.239. The van der Waals surface area contributed by atoms with Crippen molar-refractivity contribution in [3.05, 3.63) is 58.6 Å². The third-order valence-electron chi connectivity index (χ3n) is 3.31. The van der Waals surface area contributed by atoms with Crippen LogP contribution in [0.2, 0.25) is 0 Å². The summed E-state index contributed by atoms with van der Waals surface area (Å²) in [5, 5.41) is 2.97. The van der Waals surface area contributed by atoms with Crippen molar-refractivity contribution in [2.75, 3.05) is 11.9 Å². The summed E-state index contributed by atoms with van der Waals surface area (Å²) < 4.78 is 6.38. The van der Waals surface area contributed by atoms with Crippen molar-refractivity contribution in [2.24, 2.45) is 0 Å². The van der Waals surface area contributed by atoms with E-state index in [2.05, 4.69) is 32.1 Å². The fraction of sp³-hybridized carbons (Fsp3) is 0.222. The summed E-state index contributed by atoms with van der Waals surface area (Å²) in [6.07, 6.45) is -0.750. The second-order valence-corrected chi connectivity index (χ2v) is 6.39. The number of rotatable bonds is 6. The predicted octanol–water partition coefficient (Wildman–Crippen LogP) is 2.78. The summed E-state index contributed by atoms with van der Waals surface area (Å²) in [6.45, 7) is 3.64. The van der Waals surface area contributed by atoms with Gasteiger partial charge in [-0.2, -0.15) is 0 Å². The SMILES string of the molecule is Cc1ccc(NCC(=O)NNC(=O)C(C)Oc2cccc(Br)c2)cc1. The first-order chi connectivity index (χ1) is 11.9. The summed E-state index contributed by atoms with van der Waals surface area (Å²) in [6, 6.07) is 14.8. The Balaban J connectivity index is 1.72. The minimum atomic E-state index is -0.750. The summed E-state index contributed by atoms with van der Waals surface area (Å²) >= 11 is 3.33. The first kappa shape index (κ1) is 18.8. The topological polar surface area (TPSA) is 79.5 Å². The monoisotopic (exact) mass is 405 g/mol. The van der Waals surface area contributed by atoms with Crippen LogP contribution < -0.4 is 20.9 Å². The van der Waals surface area contributed by atoms with Gasteiger partial charge in [-0.3, -0.25) is 20.4 Å². The van der Waals surface area contributed by atoms with E-state index in [0.29, 0.717) is 5.75 Å². The highest BCUT2D eigenvalue weighted by atomic mass is 79.9. The molecule has 0 bridgehead atoms. The van der Waals surface area contributed by atoms with Gasteiger partial charge in [-0.25, -0.2) is 0 Å². The number of aryl methyl sites for hydroxylation is 1. The molecule has 3 N–H and O–H groups in total. The van der Waals surface area contributed by atoms with Gasteiger partial charge in [0.2, 0.25) is 0 Å². The van der Waals surface area contributed by atoms with E-state index in [4.69, 9.17) is 4.74 Å². The number of amides is 2. The van der Waals surface area contributed by atoms with Gasteiger partial charge in [0.25, 0.3) is 11.8 Å². The average Bonchev–Trinajstić information content (AvgIpc) is 2.59. The molecule has 2 aromatic carbocycles. The number of ether oxygens (including phenoxy) is 1. The lowest BCUT2D eigenvalue weighted by Crippen LogP contribution is -2.48. The van der Waals surface area contributed by atoms with Crippen molar-refractivity contribution in [3.8, 4) is 5.75 Å². The van der Waals surface area contributed by atoms with Crippen molar-refractivity contribution in [2.45, 2.75) is 20.0 Å². The molecule has 0 aromatic heterocycles. The van der Waals surface area contributed by atoms with Crippen LogP contribution in [0.1, 0.15) is 12.5 Å². The van der Waals surface area contributed by atoms with E-state index in [1.807, 2.05) is 43.3 Å². The molecule has 2 aromatic rings. The molecule has 0 spiro atoms. The zero-order valence-corrected chi connectivity index (χ0v) is 15.6. The molecule has 2 rings (SSSR count). The molecule has 0 fully saturated rings. The molecule has 2 amide bonds. The highest BCUT2D eigenvalue weighted by Gasteiger charge is 2.15. The molecule has 25 heavy (non-hydrogen) atoms. The lowest BCUT2D eigenvalue weighted by atomic mass is 10.2. The maximum Gasteiger partial charge on any atom is 0.279 e. The van der Waals surface area contributed by atoms with Crippen LogP contribution in [-0.2, 0) is 9.59 Å². The number of carbonyl (C=O) groups excluding carboxylic acids is 2. The molecule has 0 aliphatic carbocycles. The predicted molar refractivity (Wildman–Crippen MR) is 100 cm³/mol. The van der Waals surface area contributed by atoms with Crippen molar-refractivity contribution in [3.63, 3.8) is 0 Å². The molecule has 0 radical (unpaired) electrons. The quantitative estimate of drug-likeness (QED) is 0.645. The van der Waals surface area contributed by atoms with Crippen LogP contribution in [0.25, 0.3) is 0 Å². The molecule has 0 heterocycles. The number of hydrazine groups is 1. The second-order valence-electron chi connectivity index (χ2n) is 5.47. The Morgan fingerprint density at radius 1 is 1.12 bits per heavy atom. The molecule has 0 saturated heterocycles. The molecular formula is C18H20BrN3O3. The first-order valence-electron chi connectivity index (χ1n) is 7.75. The molecule has 1 atom stereocenters. The zero-order valence-electron chi connectivity index (χ0n) is 14.0. The van der Waals surface area contributed by atoms with Crippen LogP contribution in [-0.4, -0.2) is 24.5 Å². The lowest BCUT2D eigenvalue weighted by Gasteiger charge is -2.15. The van der Waals surface area contributed by atoms with Crippen LogP contribution in [0, 0.1) is 6.92 Å². The summed E-state index contributed by atoms with van der Waals surface area (Å²) in [5.41, 5.74) is 6.67. The fourth-order valence-corrected chi connectivity index (χ4v) is 2.31. The number of hydrogen-bond donors (Lipinski definition) is 3. The van der Waals surface area contributed by atoms with Crippen LogP contribution in [0.3, 0.4) is 0 Å². The lowest BCUT2D eigenvalue weighted by molar-refractivity contribution is -0.132. The Hall–Kier alpha value is -2.54. The van der Waals surface area contributed by atoms with Gasteiger partial charge in [0.1, 0.15) is 5.75 Å². The molecule has 0 aliphatic heterocycles. The molecule has 0 saturated carbocycles. The van der Waals surface area contributed by atoms with Crippen LogP contribution >= 0.6 is 15.9 Å². The van der Waals surface area contributed by atoms with Gasteiger partial charge in [-0.15, -0.1) is 0 Å². The van der Waals surface area contributed by atoms with Crippen molar-refractivity contribution < 1.29 is 14.3 Å². The van der Waals surface area contributed by atoms with Crippen molar-refractivity contribution in [1.29, 1.82) is 0 Å². The van der Waals surface area contributed by atoms with E-state index in [-0.39, 0.29) is 12.5 Å². The average molecular weight is 406 g/mol. The number of benzene rings is 2. The maximum atomic E-state index is 12.0. The highest BCUT2D eigenvalue weighted by Crippen LogP contribution is 2.18.